The Morgan fingerprint density at radius 1 is 1.24 bits per heavy atom. The van der Waals surface area contributed by atoms with Gasteiger partial charge in [0.25, 0.3) is 0 Å². The Bertz CT molecular complexity index is 639. The molecule has 1 aromatic heterocycles. The second kappa shape index (κ2) is 7.22. The highest BCUT2D eigenvalue weighted by Crippen LogP contribution is 2.31. The minimum absolute atomic E-state index is 0.550. The van der Waals surface area contributed by atoms with Gasteiger partial charge < -0.3 is 4.57 Å². The highest BCUT2D eigenvalue weighted by Gasteiger charge is 2.19. The van der Waals surface area contributed by atoms with Gasteiger partial charge in [0.1, 0.15) is 5.82 Å². The molecule has 0 amide bonds. The van der Waals surface area contributed by atoms with Crippen LogP contribution in [-0.4, -0.2) is 37.9 Å². The first-order valence-corrected chi connectivity index (χ1v) is 10.3. The predicted molar refractivity (Wildman–Crippen MR) is 97.7 cm³/mol. The van der Waals surface area contributed by atoms with Crippen LogP contribution in [0.25, 0.3) is 11.0 Å². The lowest BCUT2D eigenvalue weighted by Crippen LogP contribution is -2.21. The van der Waals surface area contributed by atoms with E-state index < -0.39 is 0 Å². The number of alkyl halides is 1. The topological polar surface area (TPSA) is 17.8 Å². The number of rotatable bonds is 4. The first kappa shape index (κ1) is 16.1. The summed E-state index contributed by atoms with van der Waals surface area (Å²) in [6, 6.07) is 3.76. The number of imidazole rings is 1. The molecule has 1 aliphatic rings. The lowest BCUT2D eigenvalue weighted by Gasteiger charge is -2.22. The van der Waals surface area contributed by atoms with E-state index in [4.69, 9.17) is 34.8 Å². The Labute approximate surface area is 147 Å². The molecule has 114 valence electrons. The fourth-order valence-corrected chi connectivity index (χ4v) is 5.63. The van der Waals surface area contributed by atoms with Crippen LogP contribution < -0.4 is 0 Å². The van der Waals surface area contributed by atoms with Crippen molar-refractivity contribution in [1.29, 1.82) is 0 Å². The average Bonchev–Trinajstić information content (AvgIpc) is 2.79. The van der Waals surface area contributed by atoms with Gasteiger partial charge in [-0.25, -0.2) is 4.98 Å². The van der Waals surface area contributed by atoms with Gasteiger partial charge in [-0.2, -0.15) is 23.5 Å². The molecule has 0 aliphatic carbocycles. The zero-order chi connectivity index (χ0) is 14.8. The van der Waals surface area contributed by atoms with Crippen LogP contribution in [0.1, 0.15) is 5.82 Å². The van der Waals surface area contributed by atoms with Crippen molar-refractivity contribution in [3.63, 3.8) is 0 Å². The van der Waals surface area contributed by atoms with Crippen molar-refractivity contribution in [2.45, 2.75) is 18.2 Å². The van der Waals surface area contributed by atoms with E-state index in [-0.39, 0.29) is 0 Å². The third-order valence-corrected chi connectivity index (χ3v) is 7.20. The van der Waals surface area contributed by atoms with Crippen molar-refractivity contribution >= 4 is 69.4 Å². The quantitative estimate of drug-likeness (QED) is 0.696. The standard InChI is InChI=1S/C14H15Cl3N2S2/c15-2-1-14-18-12-5-10(16)11(17)6-13(12)19(14)7-9-8-20-3-4-21-9/h5-6,9H,1-4,7-8H2. The molecule has 0 saturated carbocycles. The van der Waals surface area contributed by atoms with E-state index in [0.717, 1.165) is 29.8 Å². The van der Waals surface area contributed by atoms with Crippen molar-refractivity contribution < 1.29 is 0 Å². The molecule has 1 unspecified atom stereocenters. The number of hydrogen-bond donors (Lipinski definition) is 0. The Kier molecular flexibility index (Phi) is 5.55. The largest absolute Gasteiger partial charge is 0.327 e. The molecule has 1 aliphatic heterocycles. The molecule has 1 atom stereocenters. The third kappa shape index (κ3) is 3.61. The highest BCUT2D eigenvalue weighted by molar-refractivity contribution is 8.06. The van der Waals surface area contributed by atoms with Gasteiger partial charge in [0.05, 0.1) is 21.1 Å². The van der Waals surface area contributed by atoms with Crippen molar-refractivity contribution in [2.75, 3.05) is 23.1 Å². The van der Waals surface area contributed by atoms with Crippen LogP contribution in [0.15, 0.2) is 12.1 Å². The molecular weight excluding hydrogens is 367 g/mol. The number of aromatic nitrogens is 2. The molecule has 21 heavy (non-hydrogen) atoms. The van der Waals surface area contributed by atoms with Gasteiger partial charge in [0, 0.05) is 41.4 Å². The van der Waals surface area contributed by atoms with E-state index in [1.54, 1.807) is 0 Å². The van der Waals surface area contributed by atoms with Crippen molar-refractivity contribution in [3.8, 4) is 0 Å². The van der Waals surface area contributed by atoms with Crippen LogP contribution in [0.3, 0.4) is 0 Å². The summed E-state index contributed by atoms with van der Waals surface area (Å²) in [5.74, 6) is 5.25. The number of benzene rings is 1. The molecule has 2 aromatic rings. The van der Waals surface area contributed by atoms with E-state index in [0.29, 0.717) is 21.2 Å². The molecule has 1 saturated heterocycles. The second-order valence-electron chi connectivity index (χ2n) is 4.90. The summed E-state index contributed by atoms with van der Waals surface area (Å²) in [5, 5.41) is 1.74. The number of fused-ring (bicyclic) bond motifs is 1. The monoisotopic (exact) mass is 380 g/mol. The van der Waals surface area contributed by atoms with E-state index in [2.05, 4.69) is 9.55 Å². The summed E-state index contributed by atoms with van der Waals surface area (Å²) in [4.78, 5) is 4.69. The third-order valence-electron chi connectivity index (χ3n) is 3.46. The van der Waals surface area contributed by atoms with Gasteiger partial charge in [-0.3, -0.25) is 0 Å². The normalized spacial score (nSPS) is 19.3. The summed E-state index contributed by atoms with van der Waals surface area (Å²) in [5.41, 5.74) is 1.96. The maximum Gasteiger partial charge on any atom is 0.111 e. The summed E-state index contributed by atoms with van der Waals surface area (Å²) in [7, 11) is 0. The van der Waals surface area contributed by atoms with Gasteiger partial charge in [-0.1, -0.05) is 23.2 Å². The van der Waals surface area contributed by atoms with E-state index in [1.165, 1.54) is 17.3 Å². The number of aryl methyl sites for hydroxylation is 1. The van der Waals surface area contributed by atoms with Crippen molar-refractivity contribution in [3.05, 3.63) is 28.0 Å². The van der Waals surface area contributed by atoms with E-state index in [9.17, 15) is 0 Å². The van der Waals surface area contributed by atoms with Crippen molar-refractivity contribution in [1.82, 2.24) is 9.55 Å². The first-order chi connectivity index (χ1) is 10.2. The molecule has 0 N–H and O–H groups in total. The Hall–Kier alpha value is 0.260. The van der Waals surface area contributed by atoms with Crippen LogP contribution in [0.2, 0.25) is 10.0 Å². The fourth-order valence-electron chi connectivity index (χ4n) is 2.49. The number of nitrogens with zero attached hydrogens (tertiary/aromatic N) is 2. The molecule has 0 radical (unpaired) electrons. The lowest BCUT2D eigenvalue weighted by molar-refractivity contribution is 0.674. The van der Waals surface area contributed by atoms with Gasteiger partial charge in [0.15, 0.2) is 0 Å². The molecule has 2 heterocycles. The Morgan fingerprint density at radius 2 is 2.05 bits per heavy atom. The van der Waals surface area contributed by atoms with Crippen molar-refractivity contribution in [2.24, 2.45) is 0 Å². The number of thioether (sulfide) groups is 2. The van der Waals surface area contributed by atoms with E-state index >= 15 is 0 Å². The number of halogens is 3. The molecule has 7 heteroatoms. The van der Waals surface area contributed by atoms with Gasteiger partial charge in [-0.15, -0.1) is 11.6 Å². The summed E-state index contributed by atoms with van der Waals surface area (Å²) >= 11 is 22.3. The molecule has 1 fully saturated rings. The molecular formula is C14H15Cl3N2S2. The molecule has 0 spiro atoms. The van der Waals surface area contributed by atoms with Crippen LogP contribution >= 0.6 is 58.3 Å². The average molecular weight is 382 g/mol. The van der Waals surface area contributed by atoms with Crippen LogP contribution in [0.5, 0.6) is 0 Å². The summed E-state index contributed by atoms with van der Waals surface area (Å²) < 4.78 is 2.27. The lowest BCUT2D eigenvalue weighted by atomic mass is 10.3. The van der Waals surface area contributed by atoms with Gasteiger partial charge in [0.2, 0.25) is 0 Å². The summed E-state index contributed by atoms with van der Waals surface area (Å²) in [6.45, 7) is 0.957. The van der Waals surface area contributed by atoms with Crippen LogP contribution in [0, 0.1) is 0 Å². The Balaban J connectivity index is 2.00. The summed E-state index contributed by atoms with van der Waals surface area (Å²) in [6.07, 6.45) is 0.760. The SMILES string of the molecule is ClCCc1nc2cc(Cl)c(Cl)cc2n1CC1CSCCS1. The highest BCUT2D eigenvalue weighted by atomic mass is 35.5. The molecule has 1 aromatic carbocycles. The van der Waals surface area contributed by atoms with E-state index in [1.807, 2.05) is 35.7 Å². The smallest absolute Gasteiger partial charge is 0.111 e. The molecule has 2 nitrogen and oxygen atoms in total. The van der Waals surface area contributed by atoms with Crippen LogP contribution in [0.4, 0.5) is 0 Å². The van der Waals surface area contributed by atoms with Crippen LogP contribution in [-0.2, 0) is 13.0 Å². The van der Waals surface area contributed by atoms with Gasteiger partial charge in [-0.05, 0) is 12.1 Å². The Morgan fingerprint density at radius 3 is 2.76 bits per heavy atom. The molecule has 0 bridgehead atoms. The number of hydrogen-bond acceptors (Lipinski definition) is 3. The molecule has 3 rings (SSSR count). The first-order valence-electron chi connectivity index (χ1n) is 6.78. The maximum atomic E-state index is 6.18. The minimum atomic E-state index is 0.550. The van der Waals surface area contributed by atoms with Gasteiger partial charge >= 0.3 is 0 Å². The zero-order valence-electron chi connectivity index (χ0n) is 11.3. The second-order valence-corrected chi connectivity index (χ2v) is 8.65. The predicted octanol–water partition coefficient (Wildman–Crippen LogP) is 4.97. The fraction of sp³-hybridized carbons (Fsp3) is 0.500. The minimum Gasteiger partial charge on any atom is -0.327 e. The maximum absolute atomic E-state index is 6.18. The zero-order valence-corrected chi connectivity index (χ0v) is 15.2.